The van der Waals surface area contributed by atoms with E-state index < -0.39 is 0 Å². The molecule has 4 aromatic carbocycles. The fourth-order valence-corrected chi connectivity index (χ4v) is 4.75. The van der Waals surface area contributed by atoms with Crippen LogP contribution in [0.15, 0.2) is 91.0 Å². The van der Waals surface area contributed by atoms with Crippen molar-refractivity contribution in [2.45, 2.75) is 57.8 Å². The lowest BCUT2D eigenvalue weighted by molar-refractivity contribution is 0.301. The van der Waals surface area contributed by atoms with Crippen molar-refractivity contribution in [1.29, 1.82) is 5.26 Å². The highest BCUT2D eigenvalue weighted by Crippen LogP contribution is 2.27. The van der Waals surface area contributed by atoms with Crippen molar-refractivity contribution in [3.8, 4) is 39.8 Å². The second-order valence-electron chi connectivity index (χ2n) is 10.2. The van der Waals surface area contributed by atoms with Crippen LogP contribution in [0.5, 0.6) is 11.5 Å². The Balaban J connectivity index is 0.983. The summed E-state index contributed by atoms with van der Waals surface area (Å²) < 4.78 is 39.2. The quantitative estimate of drug-likeness (QED) is 0.130. The van der Waals surface area contributed by atoms with Crippen molar-refractivity contribution < 1.29 is 18.3 Å². The molecular formula is C36H37F2NO2. The Hall–Kier alpha value is -4.17. The van der Waals surface area contributed by atoms with E-state index in [1.165, 1.54) is 56.7 Å². The summed E-state index contributed by atoms with van der Waals surface area (Å²) in [5.74, 6) is 0.711. The zero-order valence-corrected chi connectivity index (χ0v) is 23.5. The molecule has 0 unspecified atom stereocenters. The van der Waals surface area contributed by atoms with Crippen LogP contribution in [0.3, 0.4) is 0 Å². The van der Waals surface area contributed by atoms with Gasteiger partial charge in [0.15, 0.2) is 0 Å². The summed E-state index contributed by atoms with van der Waals surface area (Å²) in [6, 6.07) is 28.5. The van der Waals surface area contributed by atoms with E-state index in [1.54, 1.807) is 24.3 Å². The summed E-state index contributed by atoms with van der Waals surface area (Å²) in [5.41, 5.74) is 3.95. The zero-order valence-electron chi connectivity index (χ0n) is 23.5. The van der Waals surface area contributed by atoms with Crippen LogP contribution in [0.2, 0.25) is 0 Å². The number of ether oxygens (including phenoxy) is 2. The minimum atomic E-state index is -0.365. The van der Waals surface area contributed by atoms with Crippen molar-refractivity contribution in [1.82, 2.24) is 0 Å². The van der Waals surface area contributed by atoms with Crippen LogP contribution >= 0.6 is 0 Å². The van der Waals surface area contributed by atoms with Gasteiger partial charge in [0, 0.05) is 11.6 Å². The van der Waals surface area contributed by atoms with Crippen molar-refractivity contribution in [2.75, 3.05) is 13.2 Å². The summed E-state index contributed by atoms with van der Waals surface area (Å²) in [6.45, 7) is 1.31. The molecule has 4 aromatic rings. The average molecular weight is 554 g/mol. The van der Waals surface area contributed by atoms with E-state index in [0.717, 1.165) is 42.7 Å². The molecule has 0 N–H and O–H groups in total. The average Bonchev–Trinajstić information content (AvgIpc) is 3.00. The Kier molecular flexibility index (Phi) is 11.8. The molecule has 0 atom stereocenters. The van der Waals surface area contributed by atoms with Crippen LogP contribution in [-0.4, -0.2) is 13.2 Å². The van der Waals surface area contributed by atoms with Crippen molar-refractivity contribution in [3.05, 3.63) is 108 Å². The molecule has 0 amide bonds. The second-order valence-corrected chi connectivity index (χ2v) is 10.2. The number of unbranched alkanes of at least 4 members (excludes halogenated alkanes) is 8. The molecule has 0 aliphatic heterocycles. The highest BCUT2D eigenvalue weighted by atomic mass is 19.1. The van der Waals surface area contributed by atoms with Gasteiger partial charge in [0.2, 0.25) is 0 Å². The third kappa shape index (κ3) is 9.76. The number of halogens is 2. The molecule has 0 saturated carbocycles. The maximum absolute atomic E-state index is 14.5. The molecule has 0 aromatic heterocycles. The topological polar surface area (TPSA) is 42.2 Å². The van der Waals surface area contributed by atoms with Gasteiger partial charge in [-0.3, -0.25) is 0 Å². The Morgan fingerprint density at radius 3 is 1.51 bits per heavy atom. The molecule has 0 fully saturated rings. The molecule has 0 radical (unpaired) electrons. The molecule has 4 rings (SSSR count). The highest BCUT2D eigenvalue weighted by molar-refractivity contribution is 5.65. The Bertz CT molecular complexity index is 1380. The van der Waals surface area contributed by atoms with Gasteiger partial charge in [0.1, 0.15) is 23.1 Å². The number of rotatable bonds is 16. The SMILES string of the molecule is N#Cc1ccc(-c2ccc(OCCCCCCCCCCCOc3ccc(-c4ccc(F)cc4)c(F)c3)cc2)cc1. The van der Waals surface area contributed by atoms with Gasteiger partial charge in [-0.25, -0.2) is 8.78 Å². The minimum absolute atomic E-state index is 0.337. The molecular weight excluding hydrogens is 516 g/mol. The first kappa shape index (κ1) is 29.8. The van der Waals surface area contributed by atoms with Crippen LogP contribution in [0.4, 0.5) is 8.78 Å². The Morgan fingerprint density at radius 2 is 0.976 bits per heavy atom. The van der Waals surface area contributed by atoms with E-state index in [1.807, 2.05) is 36.4 Å². The second kappa shape index (κ2) is 16.2. The van der Waals surface area contributed by atoms with E-state index in [9.17, 15) is 8.78 Å². The fourth-order valence-electron chi connectivity index (χ4n) is 4.75. The minimum Gasteiger partial charge on any atom is -0.494 e. The highest BCUT2D eigenvalue weighted by Gasteiger charge is 2.07. The first-order chi connectivity index (χ1) is 20.1. The van der Waals surface area contributed by atoms with Crippen molar-refractivity contribution in [3.63, 3.8) is 0 Å². The number of benzene rings is 4. The lowest BCUT2D eigenvalue weighted by atomic mass is 10.0. The largest absolute Gasteiger partial charge is 0.494 e. The normalized spacial score (nSPS) is 10.8. The molecule has 41 heavy (non-hydrogen) atoms. The molecule has 0 heterocycles. The summed E-state index contributed by atoms with van der Waals surface area (Å²) in [4.78, 5) is 0. The van der Waals surface area contributed by atoms with E-state index in [-0.39, 0.29) is 11.6 Å². The van der Waals surface area contributed by atoms with E-state index >= 15 is 0 Å². The van der Waals surface area contributed by atoms with Gasteiger partial charge >= 0.3 is 0 Å². The van der Waals surface area contributed by atoms with Crippen LogP contribution in [0.25, 0.3) is 22.3 Å². The number of nitriles is 1. The molecule has 212 valence electrons. The standard InChI is InChI=1S/C36H37F2NO2/c37-32-18-14-31(15-19-32)35-23-22-34(26-36(35)38)41-25-9-7-5-3-1-2-4-6-8-24-40-33-20-16-30(17-21-33)29-12-10-28(27-39)11-13-29/h10-23,26H,1-9,24-25H2. The van der Waals surface area contributed by atoms with E-state index in [4.69, 9.17) is 14.7 Å². The van der Waals surface area contributed by atoms with E-state index in [2.05, 4.69) is 18.2 Å². The fraction of sp³-hybridized carbons (Fsp3) is 0.306. The van der Waals surface area contributed by atoms with Gasteiger partial charge in [0.05, 0.1) is 24.8 Å². The maximum atomic E-state index is 14.5. The third-order valence-corrected chi connectivity index (χ3v) is 7.12. The molecule has 0 bridgehead atoms. The number of hydrogen-bond acceptors (Lipinski definition) is 3. The number of hydrogen-bond donors (Lipinski definition) is 0. The Morgan fingerprint density at radius 1 is 0.512 bits per heavy atom. The maximum Gasteiger partial charge on any atom is 0.134 e. The predicted octanol–water partition coefficient (Wildman–Crippen LogP) is 10.1. The van der Waals surface area contributed by atoms with Gasteiger partial charge in [-0.1, -0.05) is 81.3 Å². The van der Waals surface area contributed by atoms with Crippen LogP contribution < -0.4 is 9.47 Å². The molecule has 0 spiro atoms. The van der Waals surface area contributed by atoms with Gasteiger partial charge in [-0.05, 0) is 78.1 Å². The van der Waals surface area contributed by atoms with Gasteiger partial charge in [-0.2, -0.15) is 5.26 Å². The molecule has 3 nitrogen and oxygen atoms in total. The number of nitrogens with zero attached hydrogens (tertiary/aromatic N) is 1. The van der Waals surface area contributed by atoms with Gasteiger partial charge < -0.3 is 9.47 Å². The summed E-state index contributed by atoms with van der Waals surface area (Å²) in [7, 11) is 0. The zero-order chi connectivity index (χ0) is 28.7. The first-order valence-corrected chi connectivity index (χ1v) is 14.5. The van der Waals surface area contributed by atoms with E-state index in [0.29, 0.717) is 29.0 Å². The molecule has 0 aliphatic rings. The van der Waals surface area contributed by atoms with Crippen molar-refractivity contribution >= 4 is 0 Å². The molecule has 5 heteroatoms. The van der Waals surface area contributed by atoms with Crippen molar-refractivity contribution in [2.24, 2.45) is 0 Å². The summed E-state index contributed by atoms with van der Waals surface area (Å²) >= 11 is 0. The lowest BCUT2D eigenvalue weighted by Gasteiger charge is -2.09. The smallest absolute Gasteiger partial charge is 0.134 e. The monoisotopic (exact) mass is 553 g/mol. The summed E-state index contributed by atoms with van der Waals surface area (Å²) in [5, 5.41) is 8.93. The Labute approximate surface area is 242 Å². The van der Waals surface area contributed by atoms with Crippen LogP contribution in [-0.2, 0) is 0 Å². The lowest BCUT2D eigenvalue weighted by Crippen LogP contribution is -1.98. The van der Waals surface area contributed by atoms with Gasteiger partial charge in [0.25, 0.3) is 0 Å². The molecule has 0 aliphatic carbocycles. The molecule has 0 saturated heterocycles. The summed E-state index contributed by atoms with van der Waals surface area (Å²) in [6.07, 6.45) is 10.4. The third-order valence-electron chi connectivity index (χ3n) is 7.12. The van der Waals surface area contributed by atoms with Crippen LogP contribution in [0.1, 0.15) is 63.4 Å². The first-order valence-electron chi connectivity index (χ1n) is 14.5. The van der Waals surface area contributed by atoms with Gasteiger partial charge in [-0.15, -0.1) is 0 Å². The predicted molar refractivity (Wildman–Crippen MR) is 161 cm³/mol. The van der Waals surface area contributed by atoms with Crippen LogP contribution in [0, 0.1) is 23.0 Å².